The first-order valence-corrected chi connectivity index (χ1v) is 11.4. The number of nitrogens with one attached hydrogen (secondary N) is 3. The molecule has 1 aromatic heterocycles. The van der Waals surface area contributed by atoms with Gasteiger partial charge in [0, 0.05) is 40.3 Å². The molecular formula is C25H38FN7O. The van der Waals surface area contributed by atoms with Crippen LogP contribution in [0.4, 0.5) is 15.9 Å². The molecule has 1 saturated heterocycles. The van der Waals surface area contributed by atoms with Crippen molar-refractivity contribution < 1.29 is 9.13 Å². The number of anilines is 1. The first-order chi connectivity index (χ1) is 16.3. The molecule has 0 saturated carbocycles. The summed E-state index contributed by atoms with van der Waals surface area (Å²) in [6.07, 6.45) is 5.75. The predicted molar refractivity (Wildman–Crippen MR) is 139 cm³/mol. The van der Waals surface area contributed by atoms with E-state index in [0.717, 1.165) is 37.3 Å². The Labute approximate surface area is 203 Å². The molecule has 1 aliphatic rings. The summed E-state index contributed by atoms with van der Waals surface area (Å²) in [7, 11) is 7.20. The summed E-state index contributed by atoms with van der Waals surface area (Å²) >= 11 is 0. The van der Waals surface area contributed by atoms with Gasteiger partial charge >= 0.3 is 0 Å². The molecule has 0 radical (unpaired) electrons. The Morgan fingerprint density at radius 3 is 2.76 bits per heavy atom. The average Bonchev–Trinajstić information content (AvgIpc) is 3.07. The summed E-state index contributed by atoms with van der Waals surface area (Å²) in [5.41, 5.74) is 2.94. The maximum atomic E-state index is 14.1. The minimum atomic E-state index is -0.382. The van der Waals surface area contributed by atoms with Gasteiger partial charge in [0.2, 0.25) is 0 Å². The van der Waals surface area contributed by atoms with Crippen molar-refractivity contribution in [2.24, 2.45) is 4.99 Å². The van der Waals surface area contributed by atoms with Crippen LogP contribution in [-0.2, 0) is 4.74 Å². The minimum Gasteiger partial charge on any atom is -0.484 e. The van der Waals surface area contributed by atoms with Crippen molar-refractivity contribution in [1.29, 1.82) is 0 Å². The maximum absolute atomic E-state index is 14.1. The van der Waals surface area contributed by atoms with E-state index in [1.54, 1.807) is 38.4 Å². The number of hydrogen-bond acceptors (Lipinski definition) is 8. The summed E-state index contributed by atoms with van der Waals surface area (Å²) in [6, 6.07) is 3.65. The van der Waals surface area contributed by atoms with E-state index in [1.165, 1.54) is 6.08 Å². The van der Waals surface area contributed by atoms with E-state index < -0.39 is 0 Å². The zero-order chi connectivity index (χ0) is 25.1. The van der Waals surface area contributed by atoms with E-state index in [9.17, 15) is 4.39 Å². The molecule has 0 aliphatic carbocycles. The molecule has 34 heavy (non-hydrogen) atoms. The van der Waals surface area contributed by atoms with Gasteiger partial charge < -0.3 is 30.5 Å². The number of pyridine rings is 1. The molecule has 1 atom stereocenters. The molecule has 0 aromatic carbocycles. The van der Waals surface area contributed by atoms with Crippen LogP contribution in [0.2, 0.25) is 0 Å². The number of methoxy groups -OCH3 is 1. The van der Waals surface area contributed by atoms with Crippen LogP contribution in [0.3, 0.4) is 0 Å². The van der Waals surface area contributed by atoms with Gasteiger partial charge in [0.25, 0.3) is 0 Å². The van der Waals surface area contributed by atoms with E-state index in [1.807, 2.05) is 13.1 Å². The fourth-order valence-electron chi connectivity index (χ4n) is 3.49. The molecule has 1 unspecified atom stereocenters. The third-order valence-corrected chi connectivity index (χ3v) is 5.61. The number of aliphatic imine (C=N–C) groups is 1. The summed E-state index contributed by atoms with van der Waals surface area (Å²) in [6.45, 7) is 13.4. The van der Waals surface area contributed by atoms with Crippen molar-refractivity contribution in [2.45, 2.75) is 25.4 Å². The molecule has 186 valence electrons. The lowest BCUT2D eigenvalue weighted by Gasteiger charge is -2.21. The molecule has 0 spiro atoms. The van der Waals surface area contributed by atoms with Crippen LogP contribution in [0.1, 0.15) is 19.3 Å². The van der Waals surface area contributed by atoms with Crippen molar-refractivity contribution in [3.8, 4) is 0 Å². The smallest absolute Gasteiger partial charge is 0.189 e. The summed E-state index contributed by atoms with van der Waals surface area (Å²) < 4.78 is 19.6. The van der Waals surface area contributed by atoms with Crippen molar-refractivity contribution in [1.82, 2.24) is 25.4 Å². The van der Waals surface area contributed by atoms with E-state index in [2.05, 4.69) is 50.6 Å². The average molecular weight is 472 g/mol. The third kappa shape index (κ3) is 7.62. The van der Waals surface area contributed by atoms with E-state index >= 15 is 0 Å². The van der Waals surface area contributed by atoms with Gasteiger partial charge in [0.15, 0.2) is 11.7 Å². The van der Waals surface area contributed by atoms with Gasteiger partial charge in [-0.1, -0.05) is 19.7 Å². The summed E-state index contributed by atoms with van der Waals surface area (Å²) in [5, 5.41) is 9.96. The molecule has 8 nitrogen and oxygen atoms in total. The van der Waals surface area contributed by atoms with Gasteiger partial charge in [0.1, 0.15) is 11.5 Å². The third-order valence-electron chi connectivity index (χ3n) is 5.61. The minimum absolute atomic E-state index is 0.247. The predicted octanol–water partition coefficient (Wildman–Crippen LogP) is 3.75. The highest BCUT2D eigenvalue weighted by Crippen LogP contribution is 2.24. The standard InChI is InChI=1S/C25H38FN7O/c1-8-20(26)22(32(4)5)17-29-25-21(11-9-15-28-25)31-24(34-7)13-16-27-14-10-12-23-30-18(2)19(3)33(23)6/h8-9,11,15,23,27,30H,1-3,10,12-14,16-17H2,4-7H3,(H,28,29)/b22-20+,31-24?. The summed E-state index contributed by atoms with van der Waals surface area (Å²) in [5.74, 6) is 0.763. The van der Waals surface area contributed by atoms with Crippen LogP contribution in [0.25, 0.3) is 0 Å². The van der Waals surface area contributed by atoms with Crippen LogP contribution in [-0.4, -0.2) is 74.7 Å². The Morgan fingerprint density at radius 2 is 2.15 bits per heavy atom. The number of rotatable bonds is 13. The molecule has 1 aliphatic heterocycles. The SMILES string of the molecule is C=C/C(F)=C(/CNc1ncccc1N=C(CCNCCCC1NC(=C)C(=C)N1C)OC)N(C)C. The highest BCUT2D eigenvalue weighted by Gasteiger charge is 2.24. The monoisotopic (exact) mass is 471 g/mol. The zero-order valence-electron chi connectivity index (χ0n) is 20.8. The number of halogens is 1. The molecule has 0 bridgehead atoms. The molecule has 2 heterocycles. The first kappa shape index (κ1) is 26.9. The second-order valence-corrected chi connectivity index (χ2v) is 8.17. The number of allylic oxidation sites excluding steroid dienone is 2. The van der Waals surface area contributed by atoms with Gasteiger partial charge in [-0.2, -0.15) is 0 Å². The van der Waals surface area contributed by atoms with Gasteiger partial charge in [-0.3, -0.25) is 0 Å². The number of aromatic nitrogens is 1. The van der Waals surface area contributed by atoms with E-state index in [4.69, 9.17) is 4.74 Å². The van der Waals surface area contributed by atoms with Crippen LogP contribution in [0, 0.1) is 0 Å². The second kappa shape index (κ2) is 13.4. The van der Waals surface area contributed by atoms with Gasteiger partial charge in [-0.25, -0.2) is 14.4 Å². The lowest BCUT2D eigenvalue weighted by atomic mass is 10.2. The first-order valence-electron chi connectivity index (χ1n) is 11.4. The number of likely N-dealkylation sites (N-methyl/N-ethyl adjacent to an activating group) is 2. The molecule has 0 amide bonds. The molecular weight excluding hydrogens is 433 g/mol. The fraction of sp³-hybridized carbons (Fsp3) is 0.440. The highest BCUT2D eigenvalue weighted by atomic mass is 19.1. The van der Waals surface area contributed by atoms with Gasteiger partial charge in [-0.05, 0) is 37.6 Å². The fourth-order valence-corrected chi connectivity index (χ4v) is 3.49. The van der Waals surface area contributed by atoms with Gasteiger partial charge in [0.05, 0.1) is 36.9 Å². The molecule has 1 aromatic rings. The highest BCUT2D eigenvalue weighted by molar-refractivity contribution is 5.81. The van der Waals surface area contributed by atoms with Crippen molar-refractivity contribution in [3.63, 3.8) is 0 Å². The van der Waals surface area contributed by atoms with E-state index in [0.29, 0.717) is 29.5 Å². The Morgan fingerprint density at radius 1 is 1.38 bits per heavy atom. The van der Waals surface area contributed by atoms with Crippen molar-refractivity contribution >= 4 is 17.4 Å². The Balaban J connectivity index is 1.86. The molecule has 2 rings (SSSR count). The zero-order valence-corrected chi connectivity index (χ0v) is 20.8. The van der Waals surface area contributed by atoms with Crippen LogP contribution < -0.4 is 16.0 Å². The quantitative estimate of drug-likeness (QED) is 0.175. The van der Waals surface area contributed by atoms with Gasteiger partial charge in [-0.15, -0.1) is 0 Å². The molecule has 1 fully saturated rings. The van der Waals surface area contributed by atoms with Crippen LogP contribution >= 0.6 is 0 Å². The lowest BCUT2D eigenvalue weighted by Crippen LogP contribution is -2.33. The number of nitrogens with zero attached hydrogens (tertiary/aromatic N) is 4. The Bertz CT molecular complexity index is 926. The summed E-state index contributed by atoms with van der Waals surface area (Å²) in [4.78, 5) is 12.8. The van der Waals surface area contributed by atoms with Crippen molar-refractivity contribution in [2.75, 3.05) is 53.2 Å². The van der Waals surface area contributed by atoms with Crippen LogP contribution in [0.15, 0.2) is 72.1 Å². The number of ether oxygens (including phenoxy) is 1. The molecule has 9 heteroatoms. The van der Waals surface area contributed by atoms with E-state index in [-0.39, 0.29) is 18.5 Å². The molecule has 3 N–H and O–H groups in total. The second-order valence-electron chi connectivity index (χ2n) is 8.17. The largest absolute Gasteiger partial charge is 0.484 e. The lowest BCUT2D eigenvalue weighted by molar-refractivity contribution is 0.305. The van der Waals surface area contributed by atoms with Crippen molar-refractivity contribution in [3.05, 3.63) is 67.1 Å². The maximum Gasteiger partial charge on any atom is 0.189 e. The number of hydrogen-bond donors (Lipinski definition) is 3. The normalized spacial score (nSPS) is 16.8. The Hall–Kier alpha value is -3.33. The van der Waals surface area contributed by atoms with Crippen LogP contribution in [0.5, 0.6) is 0 Å². The Kier molecular flexibility index (Phi) is 10.6. The topological polar surface area (TPSA) is 77.0 Å².